The summed E-state index contributed by atoms with van der Waals surface area (Å²) in [4.78, 5) is 2.80. The van der Waals surface area contributed by atoms with Crippen LogP contribution in [-0.4, -0.2) is 33.2 Å². The molecule has 136 valence electrons. The first-order valence-corrected chi connectivity index (χ1v) is 8.91. The summed E-state index contributed by atoms with van der Waals surface area (Å²) in [5.74, 6) is -0.527. The van der Waals surface area contributed by atoms with Crippen LogP contribution in [0.5, 0.6) is 5.88 Å². The van der Waals surface area contributed by atoms with Crippen LogP contribution in [-0.2, 0) is 20.9 Å². The zero-order valence-corrected chi connectivity index (χ0v) is 13.9. The maximum atomic E-state index is 13.1. The Morgan fingerprint density at radius 1 is 1.29 bits per heavy atom. The zero-order valence-electron chi connectivity index (χ0n) is 13.0. The Morgan fingerprint density at radius 2 is 1.92 bits per heavy atom. The molecule has 1 aliphatic carbocycles. The molecule has 24 heavy (non-hydrogen) atoms. The molecule has 0 bridgehead atoms. The number of hydrogen-bond acceptors (Lipinski definition) is 5. The van der Waals surface area contributed by atoms with E-state index in [1.807, 2.05) is 0 Å². The third-order valence-electron chi connectivity index (χ3n) is 4.04. The highest BCUT2D eigenvalue weighted by Crippen LogP contribution is 2.36. The van der Waals surface area contributed by atoms with E-state index in [1.54, 1.807) is 7.11 Å². The summed E-state index contributed by atoms with van der Waals surface area (Å²) in [7, 11) is -2.65. The Labute approximate surface area is 138 Å². The number of pyridine rings is 1. The Kier molecular flexibility index (Phi) is 5.71. The molecule has 0 radical (unpaired) electrons. The molecule has 0 unspecified atom stereocenters. The molecule has 1 saturated carbocycles. The first kappa shape index (κ1) is 18.9. The smallest absolute Gasteiger partial charge is 0.421 e. The molecule has 6 nitrogen and oxygen atoms in total. The maximum Gasteiger partial charge on any atom is 0.421 e. The summed E-state index contributed by atoms with van der Waals surface area (Å²) in [5.41, 5.74) is -1.25. The zero-order chi connectivity index (χ0) is 18.0. The first-order valence-electron chi connectivity index (χ1n) is 7.37. The van der Waals surface area contributed by atoms with Crippen molar-refractivity contribution in [1.82, 2.24) is 4.98 Å². The molecule has 1 aromatic heterocycles. The first-order chi connectivity index (χ1) is 11.1. The standard InChI is InChI=1S/C14H19F3N2O4S/c1-22-10-4-2-9(3-5-10)8-23-13-12(14(15,16)17)6-11(7-19-13)24(18,20)21/h6-7,9-10H,2-5,8H2,1H3,(H2,18,20,21). The van der Waals surface area contributed by atoms with Crippen LogP contribution in [0.3, 0.4) is 0 Å². The van der Waals surface area contributed by atoms with Gasteiger partial charge >= 0.3 is 6.18 Å². The van der Waals surface area contributed by atoms with E-state index in [9.17, 15) is 21.6 Å². The molecule has 1 aromatic rings. The van der Waals surface area contributed by atoms with Crippen LogP contribution in [0.1, 0.15) is 31.2 Å². The number of rotatable bonds is 5. The van der Waals surface area contributed by atoms with E-state index in [1.165, 1.54) is 0 Å². The molecule has 0 amide bonds. The molecule has 0 aliphatic heterocycles. The van der Waals surface area contributed by atoms with E-state index in [0.29, 0.717) is 6.07 Å². The largest absolute Gasteiger partial charge is 0.477 e. The van der Waals surface area contributed by atoms with Crippen LogP contribution in [0.4, 0.5) is 13.2 Å². The van der Waals surface area contributed by atoms with Gasteiger partial charge in [-0.3, -0.25) is 0 Å². The summed E-state index contributed by atoms with van der Waals surface area (Å²) in [6, 6.07) is 0.444. The average molecular weight is 368 g/mol. The molecule has 10 heteroatoms. The van der Waals surface area contributed by atoms with Crippen molar-refractivity contribution in [2.75, 3.05) is 13.7 Å². The van der Waals surface area contributed by atoms with E-state index >= 15 is 0 Å². The summed E-state index contributed by atoms with van der Waals surface area (Å²) in [5, 5.41) is 4.85. The highest BCUT2D eigenvalue weighted by atomic mass is 32.2. The molecule has 1 heterocycles. The van der Waals surface area contributed by atoms with Crippen LogP contribution >= 0.6 is 0 Å². The predicted octanol–water partition coefficient (Wildman–Crippen LogP) is 2.33. The van der Waals surface area contributed by atoms with Crippen molar-refractivity contribution < 1.29 is 31.1 Å². The van der Waals surface area contributed by atoms with Gasteiger partial charge in [0, 0.05) is 7.11 Å². The van der Waals surface area contributed by atoms with Crippen molar-refractivity contribution >= 4 is 10.0 Å². The van der Waals surface area contributed by atoms with Gasteiger partial charge in [-0.1, -0.05) is 0 Å². The van der Waals surface area contributed by atoms with E-state index in [4.69, 9.17) is 14.6 Å². The Bertz CT molecular complexity index is 671. The second-order valence-electron chi connectivity index (χ2n) is 5.76. The highest BCUT2D eigenvalue weighted by Gasteiger charge is 2.37. The fraction of sp³-hybridized carbons (Fsp3) is 0.643. The van der Waals surface area contributed by atoms with Gasteiger partial charge in [0.15, 0.2) is 0 Å². The lowest BCUT2D eigenvalue weighted by molar-refractivity contribution is -0.139. The minimum Gasteiger partial charge on any atom is -0.477 e. The summed E-state index contributed by atoms with van der Waals surface area (Å²) < 4.78 is 72.2. The van der Waals surface area contributed by atoms with Gasteiger partial charge < -0.3 is 9.47 Å². The predicted molar refractivity (Wildman–Crippen MR) is 78.9 cm³/mol. The number of primary sulfonamides is 1. The van der Waals surface area contributed by atoms with E-state index in [-0.39, 0.29) is 18.6 Å². The molecular formula is C14H19F3N2O4S. The normalized spacial score (nSPS) is 22.4. The number of sulfonamides is 1. The van der Waals surface area contributed by atoms with E-state index < -0.39 is 32.5 Å². The highest BCUT2D eigenvalue weighted by molar-refractivity contribution is 7.89. The SMILES string of the molecule is COC1CCC(COc2ncc(S(N)(=O)=O)cc2C(F)(F)F)CC1. The molecule has 2 N–H and O–H groups in total. The number of nitrogens with two attached hydrogens (primary N) is 1. The van der Waals surface area contributed by atoms with Gasteiger partial charge in [-0.25, -0.2) is 18.5 Å². The van der Waals surface area contributed by atoms with Crippen molar-refractivity contribution in [3.63, 3.8) is 0 Å². The third kappa shape index (κ3) is 4.81. The van der Waals surface area contributed by atoms with Gasteiger partial charge in [0.05, 0.1) is 18.9 Å². The van der Waals surface area contributed by atoms with Crippen molar-refractivity contribution in [2.45, 2.75) is 42.9 Å². The summed E-state index contributed by atoms with van der Waals surface area (Å²) >= 11 is 0. The van der Waals surface area contributed by atoms with E-state index in [0.717, 1.165) is 31.9 Å². The summed E-state index contributed by atoms with van der Waals surface area (Å²) in [6.45, 7) is 0.0846. The van der Waals surface area contributed by atoms with Gasteiger partial charge in [0.1, 0.15) is 10.5 Å². The lowest BCUT2D eigenvalue weighted by Gasteiger charge is -2.27. The van der Waals surface area contributed by atoms with Crippen LogP contribution < -0.4 is 9.88 Å². The van der Waals surface area contributed by atoms with Gasteiger partial charge in [-0.05, 0) is 37.7 Å². The number of hydrogen-bond donors (Lipinski definition) is 1. The number of aromatic nitrogens is 1. The lowest BCUT2D eigenvalue weighted by atomic mass is 9.88. The van der Waals surface area contributed by atoms with Gasteiger partial charge in [-0.2, -0.15) is 13.2 Å². The van der Waals surface area contributed by atoms with Crippen LogP contribution in [0, 0.1) is 5.92 Å². The molecule has 0 atom stereocenters. The van der Waals surface area contributed by atoms with Crippen molar-refractivity contribution in [1.29, 1.82) is 0 Å². The van der Waals surface area contributed by atoms with Gasteiger partial charge in [-0.15, -0.1) is 0 Å². The average Bonchev–Trinajstić information content (AvgIpc) is 2.51. The molecule has 1 aliphatic rings. The number of methoxy groups -OCH3 is 1. The quantitative estimate of drug-likeness (QED) is 0.861. The molecule has 0 spiro atoms. The van der Waals surface area contributed by atoms with E-state index in [2.05, 4.69) is 4.98 Å². The molecule has 2 rings (SSSR count). The van der Waals surface area contributed by atoms with Crippen molar-refractivity contribution in [3.8, 4) is 5.88 Å². The molecule has 0 saturated heterocycles. The fourth-order valence-corrected chi connectivity index (χ4v) is 3.12. The number of ether oxygens (including phenoxy) is 2. The Balaban J connectivity index is 2.12. The third-order valence-corrected chi connectivity index (χ3v) is 4.92. The fourth-order valence-electron chi connectivity index (χ4n) is 2.64. The summed E-state index contributed by atoms with van der Waals surface area (Å²) in [6.07, 6.45) is -0.620. The second kappa shape index (κ2) is 7.24. The second-order valence-corrected chi connectivity index (χ2v) is 7.32. The molecule has 1 fully saturated rings. The molecular weight excluding hydrogens is 349 g/mol. The van der Waals surface area contributed by atoms with Crippen LogP contribution in [0.15, 0.2) is 17.2 Å². The van der Waals surface area contributed by atoms with Gasteiger partial charge in [0.2, 0.25) is 15.9 Å². The maximum absolute atomic E-state index is 13.1. The minimum absolute atomic E-state index is 0.0846. The van der Waals surface area contributed by atoms with Gasteiger partial charge in [0.25, 0.3) is 0 Å². The monoisotopic (exact) mass is 368 g/mol. The number of halogens is 3. The Hall–Kier alpha value is -1.39. The van der Waals surface area contributed by atoms with Crippen molar-refractivity contribution in [2.24, 2.45) is 11.1 Å². The van der Waals surface area contributed by atoms with Crippen molar-refractivity contribution in [3.05, 3.63) is 17.8 Å². The molecule has 0 aromatic carbocycles. The topological polar surface area (TPSA) is 91.5 Å². The number of alkyl halides is 3. The lowest BCUT2D eigenvalue weighted by Crippen LogP contribution is -2.25. The minimum atomic E-state index is -4.79. The van der Waals surface area contributed by atoms with Crippen LogP contribution in [0.25, 0.3) is 0 Å². The Morgan fingerprint density at radius 3 is 2.42 bits per heavy atom. The number of nitrogens with zero attached hydrogens (tertiary/aromatic N) is 1. The van der Waals surface area contributed by atoms with Crippen LogP contribution in [0.2, 0.25) is 0 Å².